The summed E-state index contributed by atoms with van der Waals surface area (Å²) < 4.78 is 23.5. The number of esters is 1. The van der Waals surface area contributed by atoms with Gasteiger partial charge in [0.25, 0.3) is 17.7 Å². The van der Waals surface area contributed by atoms with E-state index in [0.717, 1.165) is 11.0 Å². The molecule has 3 amide bonds. The van der Waals surface area contributed by atoms with Crippen LogP contribution in [0.15, 0.2) is 36.4 Å². The molecule has 1 aliphatic rings. The highest BCUT2D eigenvalue weighted by Gasteiger charge is 2.35. The Morgan fingerprint density at radius 2 is 1.84 bits per heavy atom. The first-order valence-corrected chi connectivity index (χ1v) is 9.61. The fourth-order valence-electron chi connectivity index (χ4n) is 2.98. The zero-order valence-corrected chi connectivity index (χ0v) is 17.2. The van der Waals surface area contributed by atoms with Crippen molar-refractivity contribution in [1.82, 2.24) is 4.90 Å². The highest BCUT2D eigenvalue weighted by molar-refractivity contribution is 6.31. The molecule has 0 aliphatic carbocycles. The van der Waals surface area contributed by atoms with Gasteiger partial charge in [-0.1, -0.05) is 11.6 Å². The van der Waals surface area contributed by atoms with Gasteiger partial charge in [-0.05, 0) is 42.8 Å². The summed E-state index contributed by atoms with van der Waals surface area (Å²) in [7, 11) is 1.52. The summed E-state index contributed by atoms with van der Waals surface area (Å²) in [5, 5.41) is 2.48. The third kappa shape index (κ3) is 5.07. The van der Waals surface area contributed by atoms with E-state index in [0.29, 0.717) is 13.0 Å². The first-order chi connectivity index (χ1) is 14.8. The van der Waals surface area contributed by atoms with E-state index in [4.69, 9.17) is 21.1 Å². The summed E-state index contributed by atoms with van der Waals surface area (Å²) in [5.74, 6) is -3.30. The van der Waals surface area contributed by atoms with E-state index in [-0.39, 0.29) is 33.9 Å². The molecule has 0 aromatic heterocycles. The maximum atomic E-state index is 13.7. The van der Waals surface area contributed by atoms with Gasteiger partial charge in [0.1, 0.15) is 5.82 Å². The number of halogens is 2. The van der Waals surface area contributed by atoms with E-state index in [1.54, 1.807) is 0 Å². The van der Waals surface area contributed by atoms with Crippen LogP contribution < -0.4 is 5.32 Å². The van der Waals surface area contributed by atoms with Crippen LogP contribution in [0.4, 0.5) is 10.1 Å². The zero-order valence-electron chi connectivity index (χ0n) is 16.4. The summed E-state index contributed by atoms with van der Waals surface area (Å²) in [6.07, 6.45) is 0.485. The molecule has 1 heterocycles. The largest absolute Gasteiger partial charge is 0.452 e. The van der Waals surface area contributed by atoms with Crippen LogP contribution in [0.1, 0.15) is 37.5 Å². The quantitative estimate of drug-likeness (QED) is 0.378. The molecule has 1 N–H and O–H groups in total. The Hall–Kier alpha value is -3.30. The van der Waals surface area contributed by atoms with Crippen molar-refractivity contribution in [2.45, 2.75) is 6.42 Å². The van der Waals surface area contributed by atoms with E-state index in [9.17, 15) is 23.6 Å². The van der Waals surface area contributed by atoms with Crippen molar-refractivity contribution in [2.24, 2.45) is 0 Å². The maximum Gasteiger partial charge on any atom is 0.338 e. The van der Waals surface area contributed by atoms with Gasteiger partial charge in [0.2, 0.25) is 0 Å². The number of amides is 3. The first kappa shape index (κ1) is 22.4. The van der Waals surface area contributed by atoms with Gasteiger partial charge in [-0.15, -0.1) is 0 Å². The number of carbonyl (C=O) groups is 4. The minimum atomic E-state index is -0.873. The lowest BCUT2D eigenvalue weighted by Crippen LogP contribution is -2.31. The summed E-state index contributed by atoms with van der Waals surface area (Å²) in [6.45, 7) is -0.0930. The molecule has 2 aromatic carbocycles. The van der Waals surface area contributed by atoms with Gasteiger partial charge in [0.15, 0.2) is 6.61 Å². The molecule has 0 saturated heterocycles. The molecule has 0 bridgehead atoms. The van der Waals surface area contributed by atoms with Gasteiger partial charge >= 0.3 is 5.97 Å². The molecule has 1 aliphatic heterocycles. The third-order valence-electron chi connectivity index (χ3n) is 4.47. The molecule has 0 radical (unpaired) electrons. The Labute approximate surface area is 181 Å². The zero-order chi connectivity index (χ0) is 22.5. The fourth-order valence-corrected chi connectivity index (χ4v) is 3.15. The summed E-state index contributed by atoms with van der Waals surface area (Å²) in [5.41, 5.74) is 0.125. The Balaban J connectivity index is 1.62. The second-order valence-corrected chi connectivity index (χ2v) is 7.05. The number of benzene rings is 2. The number of methoxy groups -OCH3 is 1. The van der Waals surface area contributed by atoms with Gasteiger partial charge in [-0.2, -0.15) is 0 Å². The maximum absolute atomic E-state index is 13.7. The lowest BCUT2D eigenvalue weighted by molar-refractivity contribution is -0.119. The average molecular weight is 449 g/mol. The molecule has 8 nitrogen and oxygen atoms in total. The Morgan fingerprint density at radius 3 is 2.58 bits per heavy atom. The minimum absolute atomic E-state index is 0.000350. The standard InChI is InChI=1S/C21H18ClFN2O6/c1-30-8-2-7-25-19(27)14-5-3-12(9-15(14)20(25)28)21(29)31-11-18(26)24-17-10-13(22)4-6-16(17)23/h3-6,9-10H,2,7-8,11H2,1H3,(H,24,26). The number of fused-ring (bicyclic) bond motifs is 1. The lowest BCUT2D eigenvalue weighted by atomic mass is 10.1. The smallest absolute Gasteiger partial charge is 0.338 e. The van der Waals surface area contributed by atoms with Crippen LogP contribution in [0.5, 0.6) is 0 Å². The number of nitrogens with zero attached hydrogens (tertiary/aromatic N) is 1. The molecule has 0 unspecified atom stereocenters. The van der Waals surface area contributed by atoms with Crippen molar-refractivity contribution in [3.8, 4) is 0 Å². The molecule has 0 saturated carbocycles. The number of carbonyl (C=O) groups excluding carboxylic acids is 4. The molecular formula is C21H18ClFN2O6. The molecule has 0 fully saturated rings. The number of nitrogens with one attached hydrogen (secondary N) is 1. The highest BCUT2D eigenvalue weighted by Crippen LogP contribution is 2.25. The number of hydrogen-bond acceptors (Lipinski definition) is 6. The van der Waals surface area contributed by atoms with Crippen LogP contribution in [0.25, 0.3) is 0 Å². The topological polar surface area (TPSA) is 102 Å². The van der Waals surface area contributed by atoms with Gasteiger partial charge in [-0.3, -0.25) is 19.3 Å². The number of ether oxygens (including phenoxy) is 2. The molecule has 31 heavy (non-hydrogen) atoms. The number of hydrogen-bond donors (Lipinski definition) is 1. The Kier molecular flexibility index (Phi) is 6.98. The Bertz CT molecular complexity index is 1060. The molecule has 0 spiro atoms. The lowest BCUT2D eigenvalue weighted by Gasteiger charge is -2.12. The second kappa shape index (κ2) is 9.67. The molecular weight excluding hydrogens is 431 g/mol. The van der Waals surface area contributed by atoms with Crippen molar-refractivity contribution < 1.29 is 33.0 Å². The SMILES string of the molecule is COCCCN1C(=O)c2ccc(C(=O)OCC(=O)Nc3cc(Cl)ccc3F)cc2C1=O. The number of anilines is 1. The van der Waals surface area contributed by atoms with Gasteiger partial charge in [0.05, 0.1) is 22.4 Å². The summed E-state index contributed by atoms with van der Waals surface area (Å²) >= 11 is 5.76. The molecule has 2 aromatic rings. The molecule has 0 atom stereocenters. The molecule has 10 heteroatoms. The average Bonchev–Trinajstić information content (AvgIpc) is 2.99. The van der Waals surface area contributed by atoms with Crippen molar-refractivity contribution in [3.05, 3.63) is 63.9 Å². The van der Waals surface area contributed by atoms with E-state index in [1.165, 1.54) is 37.4 Å². The summed E-state index contributed by atoms with van der Waals surface area (Å²) in [6, 6.07) is 7.58. The van der Waals surface area contributed by atoms with Crippen LogP contribution >= 0.6 is 11.6 Å². The van der Waals surface area contributed by atoms with Crippen molar-refractivity contribution in [3.63, 3.8) is 0 Å². The van der Waals surface area contributed by atoms with Crippen LogP contribution in [-0.2, 0) is 14.3 Å². The van der Waals surface area contributed by atoms with E-state index >= 15 is 0 Å². The summed E-state index contributed by atoms with van der Waals surface area (Å²) in [4.78, 5) is 50.2. The third-order valence-corrected chi connectivity index (χ3v) is 4.71. The van der Waals surface area contributed by atoms with Crippen molar-refractivity contribution in [2.75, 3.05) is 32.2 Å². The predicted octanol–water partition coefficient (Wildman–Crippen LogP) is 2.91. The van der Waals surface area contributed by atoms with Crippen LogP contribution in [0, 0.1) is 5.82 Å². The van der Waals surface area contributed by atoms with E-state index in [2.05, 4.69) is 5.32 Å². The Morgan fingerprint density at radius 1 is 1.10 bits per heavy atom. The van der Waals surface area contributed by atoms with Gasteiger partial charge < -0.3 is 14.8 Å². The van der Waals surface area contributed by atoms with Gasteiger partial charge in [0, 0.05) is 25.3 Å². The number of rotatable bonds is 8. The van der Waals surface area contributed by atoms with Crippen molar-refractivity contribution in [1.29, 1.82) is 0 Å². The second-order valence-electron chi connectivity index (χ2n) is 6.62. The van der Waals surface area contributed by atoms with E-state index < -0.39 is 36.1 Å². The van der Waals surface area contributed by atoms with Crippen LogP contribution in [0.2, 0.25) is 5.02 Å². The van der Waals surface area contributed by atoms with Crippen LogP contribution in [-0.4, -0.2) is 55.5 Å². The van der Waals surface area contributed by atoms with E-state index in [1.807, 2.05) is 0 Å². The van der Waals surface area contributed by atoms with Gasteiger partial charge in [-0.25, -0.2) is 9.18 Å². The fraction of sp³-hybridized carbons (Fsp3) is 0.238. The van der Waals surface area contributed by atoms with Crippen molar-refractivity contribution >= 4 is 41.0 Å². The molecule has 3 rings (SSSR count). The first-order valence-electron chi connectivity index (χ1n) is 9.23. The monoisotopic (exact) mass is 448 g/mol. The predicted molar refractivity (Wildman–Crippen MR) is 109 cm³/mol. The molecule has 162 valence electrons. The normalized spacial score (nSPS) is 12.7. The number of imide groups is 1. The van der Waals surface area contributed by atoms with Crippen LogP contribution in [0.3, 0.4) is 0 Å². The highest BCUT2D eigenvalue weighted by atomic mass is 35.5. The minimum Gasteiger partial charge on any atom is -0.452 e.